The van der Waals surface area contributed by atoms with Gasteiger partial charge in [0.25, 0.3) is 5.91 Å². The van der Waals surface area contributed by atoms with Gasteiger partial charge in [-0.25, -0.2) is 10.3 Å². The van der Waals surface area contributed by atoms with Crippen molar-refractivity contribution < 1.29 is 14.4 Å². The molecule has 0 aliphatic heterocycles. The Labute approximate surface area is 166 Å². The zero-order valence-electron chi connectivity index (χ0n) is 14.9. The van der Waals surface area contributed by atoms with Gasteiger partial charge in [0.1, 0.15) is 0 Å². The second-order valence-corrected chi connectivity index (χ2v) is 6.36. The van der Waals surface area contributed by atoms with Crippen LogP contribution in [0.4, 0.5) is 11.4 Å². The van der Waals surface area contributed by atoms with E-state index in [2.05, 4.69) is 15.7 Å². The summed E-state index contributed by atoms with van der Waals surface area (Å²) in [4.78, 5) is 29.0. The number of hydrogen-bond acceptors (Lipinski definition) is 5. The van der Waals surface area contributed by atoms with Crippen LogP contribution in [0, 0.1) is 6.92 Å². The molecule has 0 aromatic heterocycles. The summed E-state index contributed by atoms with van der Waals surface area (Å²) in [7, 11) is 0. The first-order valence-corrected chi connectivity index (χ1v) is 8.74. The lowest BCUT2D eigenvalue weighted by atomic mass is 10.1. The van der Waals surface area contributed by atoms with Crippen LogP contribution in [0.2, 0.25) is 5.02 Å². The molecule has 140 valence electrons. The number of benzene rings is 3. The number of rotatable bonds is 5. The fourth-order valence-corrected chi connectivity index (χ4v) is 2.51. The van der Waals surface area contributed by atoms with Gasteiger partial charge in [-0.3, -0.25) is 4.79 Å². The van der Waals surface area contributed by atoms with Crippen LogP contribution >= 0.6 is 11.6 Å². The van der Waals surface area contributed by atoms with Crippen molar-refractivity contribution in [2.24, 2.45) is 10.2 Å². The summed E-state index contributed by atoms with van der Waals surface area (Å²) in [5.74, 6) is -0.976. The van der Waals surface area contributed by atoms with Crippen molar-refractivity contribution in [1.82, 2.24) is 0 Å². The van der Waals surface area contributed by atoms with Gasteiger partial charge in [0, 0.05) is 10.6 Å². The SMILES string of the molecule is Cc1cccc(C(=O)N=Nc2ccc(NOC(=O)c3cccc(Cl)c3)cc2)c1. The first-order valence-electron chi connectivity index (χ1n) is 8.37. The maximum Gasteiger partial charge on any atom is 0.362 e. The maximum atomic E-state index is 12.0. The minimum atomic E-state index is -0.560. The van der Waals surface area contributed by atoms with Crippen molar-refractivity contribution in [2.75, 3.05) is 5.48 Å². The second-order valence-electron chi connectivity index (χ2n) is 5.92. The van der Waals surface area contributed by atoms with Crippen LogP contribution in [0.25, 0.3) is 0 Å². The van der Waals surface area contributed by atoms with Crippen LogP contribution in [0.5, 0.6) is 0 Å². The molecule has 0 fully saturated rings. The number of hydrogen-bond donors (Lipinski definition) is 1. The van der Waals surface area contributed by atoms with Crippen molar-refractivity contribution in [1.29, 1.82) is 0 Å². The van der Waals surface area contributed by atoms with E-state index >= 15 is 0 Å². The second kappa shape index (κ2) is 8.92. The van der Waals surface area contributed by atoms with Crippen molar-refractivity contribution in [2.45, 2.75) is 6.92 Å². The monoisotopic (exact) mass is 393 g/mol. The quantitative estimate of drug-likeness (QED) is 0.441. The van der Waals surface area contributed by atoms with Crippen molar-refractivity contribution >= 4 is 34.9 Å². The molecule has 0 unspecified atom stereocenters. The van der Waals surface area contributed by atoms with Gasteiger partial charge in [-0.2, -0.15) is 0 Å². The van der Waals surface area contributed by atoms with Gasteiger partial charge in [-0.15, -0.1) is 10.2 Å². The number of azo groups is 1. The molecule has 0 aliphatic carbocycles. The highest BCUT2D eigenvalue weighted by molar-refractivity contribution is 6.30. The fraction of sp³-hybridized carbons (Fsp3) is 0.0476. The molecule has 1 N–H and O–H groups in total. The normalized spacial score (nSPS) is 10.6. The van der Waals surface area contributed by atoms with Crippen LogP contribution in [0.15, 0.2) is 83.0 Å². The zero-order chi connectivity index (χ0) is 19.9. The molecule has 0 spiro atoms. The molecule has 0 bridgehead atoms. The summed E-state index contributed by atoms with van der Waals surface area (Å²) in [6.45, 7) is 1.90. The van der Waals surface area contributed by atoms with Crippen LogP contribution in [-0.2, 0) is 4.84 Å². The molecule has 3 rings (SSSR count). The molecule has 1 amide bonds. The predicted octanol–water partition coefficient (Wildman–Crippen LogP) is 5.76. The van der Waals surface area contributed by atoms with Gasteiger partial charge >= 0.3 is 5.97 Å². The molecule has 0 heterocycles. The largest absolute Gasteiger partial charge is 0.362 e. The Morgan fingerprint density at radius 2 is 1.64 bits per heavy atom. The van der Waals surface area contributed by atoms with E-state index in [4.69, 9.17) is 16.4 Å². The third-order valence-electron chi connectivity index (χ3n) is 3.71. The predicted molar refractivity (Wildman–Crippen MR) is 107 cm³/mol. The molecule has 3 aromatic carbocycles. The van der Waals surface area contributed by atoms with Gasteiger partial charge in [0.15, 0.2) is 0 Å². The van der Waals surface area contributed by atoms with E-state index in [1.807, 2.05) is 13.0 Å². The molecule has 3 aromatic rings. The molecule has 0 saturated carbocycles. The Morgan fingerprint density at radius 1 is 0.929 bits per heavy atom. The topological polar surface area (TPSA) is 80.1 Å². The van der Waals surface area contributed by atoms with Gasteiger partial charge < -0.3 is 4.84 Å². The Bertz CT molecular complexity index is 1030. The molecule has 28 heavy (non-hydrogen) atoms. The summed E-state index contributed by atoms with van der Waals surface area (Å²) in [5.41, 5.74) is 5.38. The van der Waals surface area contributed by atoms with Gasteiger partial charge in [0.2, 0.25) is 0 Å². The number of carbonyl (C=O) groups is 2. The molecule has 6 nitrogen and oxygen atoms in total. The summed E-state index contributed by atoms with van der Waals surface area (Å²) >= 11 is 5.85. The molecule has 0 atom stereocenters. The van der Waals surface area contributed by atoms with E-state index in [0.29, 0.717) is 27.5 Å². The standard InChI is InChI=1S/C21H16ClN3O3/c1-14-4-2-5-15(12-14)20(26)24-23-18-8-10-19(11-9-18)25-28-21(27)16-6-3-7-17(22)13-16/h2-13,25H,1H3. The summed E-state index contributed by atoms with van der Waals surface area (Å²) < 4.78 is 0. The molecule has 0 radical (unpaired) electrons. The average Bonchev–Trinajstić information content (AvgIpc) is 2.71. The van der Waals surface area contributed by atoms with Crippen molar-refractivity contribution in [3.63, 3.8) is 0 Å². The van der Waals surface area contributed by atoms with E-state index in [-0.39, 0.29) is 0 Å². The van der Waals surface area contributed by atoms with E-state index in [1.165, 1.54) is 6.07 Å². The average molecular weight is 394 g/mol. The van der Waals surface area contributed by atoms with E-state index in [1.54, 1.807) is 60.7 Å². The van der Waals surface area contributed by atoms with Crippen molar-refractivity contribution in [3.8, 4) is 0 Å². The third kappa shape index (κ3) is 5.25. The number of carbonyl (C=O) groups excluding carboxylic acids is 2. The Morgan fingerprint density at radius 3 is 2.36 bits per heavy atom. The van der Waals surface area contributed by atoms with Gasteiger partial charge in [-0.05, 0) is 61.5 Å². The van der Waals surface area contributed by atoms with Crippen LogP contribution in [-0.4, -0.2) is 11.9 Å². The number of anilines is 1. The highest BCUT2D eigenvalue weighted by Gasteiger charge is 2.08. The van der Waals surface area contributed by atoms with E-state index < -0.39 is 11.9 Å². The summed E-state index contributed by atoms with van der Waals surface area (Å²) in [6, 6.07) is 20.2. The third-order valence-corrected chi connectivity index (χ3v) is 3.95. The maximum absolute atomic E-state index is 12.0. The summed E-state index contributed by atoms with van der Waals surface area (Å²) in [6.07, 6.45) is 0. The highest BCUT2D eigenvalue weighted by Crippen LogP contribution is 2.18. The fourth-order valence-electron chi connectivity index (χ4n) is 2.31. The minimum absolute atomic E-state index is 0.333. The smallest absolute Gasteiger partial charge is 0.338 e. The molecular formula is C21H16ClN3O3. The minimum Gasteiger partial charge on any atom is -0.338 e. The lowest BCUT2D eigenvalue weighted by Gasteiger charge is -2.07. The number of halogens is 1. The van der Waals surface area contributed by atoms with Crippen LogP contribution < -0.4 is 5.48 Å². The lowest BCUT2D eigenvalue weighted by Crippen LogP contribution is -2.10. The zero-order valence-corrected chi connectivity index (χ0v) is 15.7. The number of nitrogens with one attached hydrogen (secondary N) is 1. The summed E-state index contributed by atoms with van der Waals surface area (Å²) in [5, 5.41) is 8.10. The highest BCUT2D eigenvalue weighted by atomic mass is 35.5. The first-order chi connectivity index (χ1) is 13.5. The first kappa shape index (κ1) is 19.3. The van der Waals surface area contributed by atoms with E-state index in [0.717, 1.165) is 5.56 Å². The number of nitrogens with zero attached hydrogens (tertiary/aromatic N) is 2. The molecule has 0 saturated heterocycles. The molecular weight excluding hydrogens is 378 g/mol. The lowest BCUT2D eigenvalue weighted by molar-refractivity contribution is 0.0596. The Balaban J connectivity index is 1.57. The Hall–Kier alpha value is -3.51. The Kier molecular flexibility index (Phi) is 6.14. The molecule has 0 aliphatic rings. The van der Waals surface area contributed by atoms with Crippen LogP contribution in [0.1, 0.15) is 26.3 Å². The molecule has 7 heteroatoms. The van der Waals surface area contributed by atoms with Crippen LogP contribution in [0.3, 0.4) is 0 Å². The number of aryl methyl sites for hydroxylation is 1. The van der Waals surface area contributed by atoms with Gasteiger partial charge in [0.05, 0.1) is 16.9 Å². The van der Waals surface area contributed by atoms with Crippen molar-refractivity contribution in [3.05, 3.63) is 94.5 Å². The number of amides is 1. The van der Waals surface area contributed by atoms with Gasteiger partial charge in [-0.1, -0.05) is 35.4 Å². The van der Waals surface area contributed by atoms with E-state index in [9.17, 15) is 9.59 Å².